The zero-order valence-electron chi connectivity index (χ0n) is 22.4. The number of carbonyl (C=O) groups excluding carboxylic acids is 2. The molecule has 42 heavy (non-hydrogen) atoms. The smallest absolute Gasteiger partial charge is 0.379 e. The van der Waals surface area contributed by atoms with Gasteiger partial charge < -0.3 is 16.4 Å². The second kappa shape index (κ2) is 13.3. The molecule has 5 N–H and O–H groups in total. The molecule has 1 aromatic heterocycles. The summed E-state index contributed by atoms with van der Waals surface area (Å²) in [6.45, 7) is 3.26. The molecule has 0 fully saturated rings. The maximum atomic E-state index is 14.2. The molecule has 0 aliphatic carbocycles. The van der Waals surface area contributed by atoms with Crippen LogP contribution in [0.15, 0.2) is 67.0 Å². The molecule has 0 aliphatic rings. The van der Waals surface area contributed by atoms with Crippen molar-refractivity contribution in [2.24, 2.45) is 11.7 Å². The number of primary amides is 1. The van der Waals surface area contributed by atoms with E-state index in [1.165, 1.54) is 18.3 Å². The lowest BCUT2D eigenvalue weighted by atomic mass is 9.93. The number of pyridine rings is 1. The molecule has 1 heterocycles. The molecule has 0 aliphatic heterocycles. The third-order valence-electron chi connectivity index (χ3n) is 6.17. The molecule has 0 bridgehead atoms. The van der Waals surface area contributed by atoms with Gasteiger partial charge in [0.2, 0.25) is 5.91 Å². The largest absolute Gasteiger partial charge is 0.432 e. The maximum Gasteiger partial charge on any atom is 0.432 e. The standard InChI is InChI=1S/C29H27F6N5O2/c1-15(2)25(39-9-7-24(36)29(33,34)35)28(42)40-23(12-16-10-18(30)14-19(31)11-16)26-20(4-3-8-38-26)17-5-6-22(32)21(13-17)27(37)41/h3-11,13-15,23,25,36,39H,12H2,1-2H3,(H2,37,41)(H,40,42)/b9-7-,36-24?/t23-,25?/m0/s1. The molecular formula is C29H27F6N5O2. The first-order valence-electron chi connectivity index (χ1n) is 12.6. The fraction of sp³-hybridized carbons (Fsp3) is 0.241. The third-order valence-corrected chi connectivity index (χ3v) is 6.17. The minimum absolute atomic E-state index is 0.152. The van der Waals surface area contributed by atoms with Crippen LogP contribution in [0.2, 0.25) is 0 Å². The molecule has 0 saturated heterocycles. The predicted octanol–water partition coefficient (Wildman–Crippen LogP) is 5.37. The number of rotatable bonds is 11. The second-order valence-corrected chi connectivity index (χ2v) is 9.67. The van der Waals surface area contributed by atoms with Gasteiger partial charge in [0.25, 0.3) is 5.91 Å². The van der Waals surface area contributed by atoms with E-state index in [-0.39, 0.29) is 17.7 Å². The number of carbonyl (C=O) groups is 2. The quantitative estimate of drug-likeness (QED) is 0.177. The van der Waals surface area contributed by atoms with Crippen LogP contribution in [-0.4, -0.2) is 34.7 Å². The van der Waals surface area contributed by atoms with Gasteiger partial charge in [-0.15, -0.1) is 0 Å². The topological polar surface area (TPSA) is 121 Å². The van der Waals surface area contributed by atoms with Crippen molar-refractivity contribution in [2.45, 2.75) is 38.5 Å². The van der Waals surface area contributed by atoms with E-state index in [0.29, 0.717) is 23.3 Å². The van der Waals surface area contributed by atoms with E-state index in [1.54, 1.807) is 26.0 Å². The Labute approximate surface area is 237 Å². The van der Waals surface area contributed by atoms with Crippen molar-refractivity contribution in [3.8, 4) is 11.1 Å². The van der Waals surface area contributed by atoms with Crippen molar-refractivity contribution in [1.29, 1.82) is 5.41 Å². The lowest BCUT2D eigenvalue weighted by Gasteiger charge is -2.26. The zero-order valence-corrected chi connectivity index (χ0v) is 22.4. The Morgan fingerprint density at radius 1 is 1.05 bits per heavy atom. The highest BCUT2D eigenvalue weighted by molar-refractivity contribution is 5.97. The molecule has 2 atom stereocenters. The first-order chi connectivity index (χ1) is 19.7. The van der Waals surface area contributed by atoms with Gasteiger partial charge in [0.05, 0.1) is 17.3 Å². The van der Waals surface area contributed by atoms with Crippen molar-refractivity contribution in [2.75, 3.05) is 0 Å². The number of allylic oxidation sites excluding steroid dienone is 1. The van der Waals surface area contributed by atoms with E-state index in [9.17, 15) is 35.9 Å². The molecule has 0 saturated carbocycles. The maximum absolute atomic E-state index is 14.2. The Bertz CT molecular complexity index is 1490. The van der Waals surface area contributed by atoms with Gasteiger partial charge in [0, 0.05) is 17.8 Å². The van der Waals surface area contributed by atoms with Gasteiger partial charge in [0.1, 0.15) is 29.2 Å². The Morgan fingerprint density at radius 2 is 1.71 bits per heavy atom. The Kier molecular flexibility index (Phi) is 10.1. The zero-order chi connectivity index (χ0) is 31.2. The van der Waals surface area contributed by atoms with Crippen LogP contribution in [-0.2, 0) is 11.2 Å². The summed E-state index contributed by atoms with van der Waals surface area (Å²) in [5, 5.41) is 12.4. The highest BCUT2D eigenvalue weighted by Crippen LogP contribution is 2.30. The molecule has 1 unspecified atom stereocenters. The van der Waals surface area contributed by atoms with Crippen molar-refractivity contribution < 1.29 is 35.9 Å². The Morgan fingerprint density at radius 3 is 2.31 bits per heavy atom. The summed E-state index contributed by atoms with van der Waals surface area (Å²) in [6.07, 6.45) is -2.34. The lowest BCUT2D eigenvalue weighted by molar-refractivity contribution is -0.124. The van der Waals surface area contributed by atoms with Crippen molar-refractivity contribution in [3.63, 3.8) is 0 Å². The second-order valence-electron chi connectivity index (χ2n) is 9.67. The number of halogens is 6. The monoisotopic (exact) mass is 591 g/mol. The van der Waals surface area contributed by atoms with E-state index < -0.39 is 64.7 Å². The normalized spacial score (nSPS) is 13.2. The number of nitrogens with one attached hydrogen (secondary N) is 3. The van der Waals surface area contributed by atoms with Gasteiger partial charge >= 0.3 is 6.18 Å². The van der Waals surface area contributed by atoms with Crippen molar-refractivity contribution in [1.82, 2.24) is 15.6 Å². The molecule has 0 spiro atoms. The number of amides is 2. The minimum Gasteiger partial charge on any atom is -0.379 e. The Hall–Kier alpha value is -4.68. The summed E-state index contributed by atoms with van der Waals surface area (Å²) in [6, 6.07) is 7.39. The summed E-state index contributed by atoms with van der Waals surface area (Å²) in [5.41, 5.74) is 4.26. The highest BCUT2D eigenvalue weighted by atomic mass is 19.4. The van der Waals surface area contributed by atoms with Crippen LogP contribution in [0.1, 0.15) is 41.5 Å². The summed E-state index contributed by atoms with van der Waals surface area (Å²) >= 11 is 0. The SMILES string of the molecule is CC(C)C(N/C=C\C(=N)C(F)(F)F)C(=O)N[C@@H](Cc1cc(F)cc(F)c1)c1ncccc1-c1ccc(F)c(C(N)=O)c1. The molecule has 2 aromatic carbocycles. The first kappa shape index (κ1) is 31.8. The van der Waals surface area contributed by atoms with Crippen LogP contribution >= 0.6 is 0 Å². The number of hydrogen-bond acceptors (Lipinski definition) is 5. The summed E-state index contributed by atoms with van der Waals surface area (Å²) in [7, 11) is 0. The number of nitrogens with two attached hydrogens (primary N) is 1. The third kappa shape index (κ3) is 8.18. The van der Waals surface area contributed by atoms with Gasteiger partial charge in [-0.05, 0) is 66.1 Å². The van der Waals surface area contributed by atoms with Crippen LogP contribution in [0, 0.1) is 28.8 Å². The fourth-order valence-corrected chi connectivity index (χ4v) is 4.16. The fourth-order valence-electron chi connectivity index (χ4n) is 4.16. The molecule has 0 radical (unpaired) electrons. The Balaban J connectivity index is 2.04. The average Bonchev–Trinajstić information content (AvgIpc) is 2.89. The van der Waals surface area contributed by atoms with Crippen LogP contribution in [0.3, 0.4) is 0 Å². The minimum atomic E-state index is -4.87. The molecule has 222 valence electrons. The number of alkyl halides is 3. The summed E-state index contributed by atoms with van der Waals surface area (Å²) in [5.74, 6) is -4.74. The molecular weight excluding hydrogens is 564 g/mol. The first-order valence-corrected chi connectivity index (χ1v) is 12.6. The van der Waals surface area contributed by atoms with Crippen LogP contribution in [0.4, 0.5) is 26.3 Å². The van der Waals surface area contributed by atoms with E-state index in [1.807, 2.05) is 0 Å². The van der Waals surface area contributed by atoms with Gasteiger partial charge in [0.15, 0.2) is 0 Å². The van der Waals surface area contributed by atoms with Crippen LogP contribution in [0.5, 0.6) is 0 Å². The molecule has 2 amide bonds. The van der Waals surface area contributed by atoms with Crippen molar-refractivity contribution in [3.05, 3.63) is 101 Å². The van der Waals surface area contributed by atoms with Crippen LogP contribution in [0.25, 0.3) is 11.1 Å². The van der Waals surface area contributed by atoms with E-state index >= 15 is 0 Å². The lowest BCUT2D eigenvalue weighted by Crippen LogP contribution is -2.47. The number of benzene rings is 2. The number of aromatic nitrogens is 1. The molecule has 7 nitrogen and oxygen atoms in total. The van der Waals surface area contributed by atoms with E-state index in [2.05, 4.69) is 15.6 Å². The summed E-state index contributed by atoms with van der Waals surface area (Å²) < 4.78 is 80.3. The van der Waals surface area contributed by atoms with Gasteiger partial charge in [-0.3, -0.25) is 20.0 Å². The van der Waals surface area contributed by atoms with Crippen LogP contribution < -0.4 is 16.4 Å². The number of nitrogens with zero attached hydrogens (tertiary/aromatic N) is 1. The highest BCUT2D eigenvalue weighted by Gasteiger charge is 2.32. The average molecular weight is 592 g/mol. The number of hydrogen-bond donors (Lipinski definition) is 4. The van der Waals surface area contributed by atoms with Crippen molar-refractivity contribution >= 4 is 17.5 Å². The molecule has 3 rings (SSSR count). The summed E-state index contributed by atoms with van der Waals surface area (Å²) in [4.78, 5) is 29.5. The van der Waals surface area contributed by atoms with E-state index in [4.69, 9.17) is 11.1 Å². The van der Waals surface area contributed by atoms with Gasteiger partial charge in [-0.25, -0.2) is 13.2 Å². The molecule has 13 heteroatoms. The molecule has 3 aromatic rings. The van der Waals surface area contributed by atoms with Gasteiger partial charge in [-0.1, -0.05) is 26.0 Å². The predicted molar refractivity (Wildman–Crippen MR) is 144 cm³/mol. The van der Waals surface area contributed by atoms with E-state index in [0.717, 1.165) is 24.4 Å². The van der Waals surface area contributed by atoms with Gasteiger partial charge in [-0.2, -0.15) is 13.2 Å².